The van der Waals surface area contributed by atoms with Crippen LogP contribution in [0.1, 0.15) is 37.1 Å². The van der Waals surface area contributed by atoms with Crippen molar-refractivity contribution in [2.24, 2.45) is 0 Å². The second kappa shape index (κ2) is 7.35. The molecule has 3 nitrogen and oxygen atoms in total. The van der Waals surface area contributed by atoms with E-state index < -0.39 is 5.92 Å². The fraction of sp³-hybridized carbons (Fsp3) is 0.312. The molecule has 0 amide bonds. The maximum atomic E-state index is 12.1. The zero-order chi connectivity index (χ0) is 15.2. The first kappa shape index (κ1) is 15.7. The molecule has 1 unspecified atom stereocenters. The molecule has 5 heteroatoms. The van der Waals surface area contributed by atoms with E-state index in [0.717, 1.165) is 24.1 Å². The molecule has 0 fully saturated rings. The van der Waals surface area contributed by atoms with Crippen LogP contribution in [0.3, 0.4) is 0 Å². The Kier molecular flexibility index (Phi) is 5.49. The van der Waals surface area contributed by atoms with Crippen molar-refractivity contribution in [1.29, 1.82) is 5.26 Å². The van der Waals surface area contributed by atoms with Crippen LogP contribution in [0.2, 0.25) is 5.02 Å². The second-order valence-electron chi connectivity index (χ2n) is 4.71. The topological polar surface area (TPSA) is 53.8 Å². The van der Waals surface area contributed by atoms with Crippen molar-refractivity contribution in [3.05, 3.63) is 39.7 Å². The van der Waals surface area contributed by atoms with E-state index in [4.69, 9.17) is 11.6 Å². The Balaban J connectivity index is 2.20. The lowest BCUT2D eigenvalue weighted by molar-refractivity contribution is -0.119. The molecule has 0 saturated carbocycles. The number of nitrogens with zero attached hydrogens (tertiary/aromatic N) is 2. The summed E-state index contributed by atoms with van der Waals surface area (Å²) in [4.78, 5) is 16.5. The van der Waals surface area contributed by atoms with E-state index in [-0.39, 0.29) is 5.78 Å². The molecule has 0 N–H and O–H groups in total. The summed E-state index contributed by atoms with van der Waals surface area (Å²) in [6, 6.07) is 9.42. The predicted molar refractivity (Wildman–Crippen MR) is 85.4 cm³/mol. The van der Waals surface area contributed by atoms with Gasteiger partial charge in [-0.25, -0.2) is 4.98 Å². The maximum Gasteiger partial charge on any atom is 0.156 e. The Labute approximate surface area is 133 Å². The number of rotatable bonds is 6. The van der Waals surface area contributed by atoms with Gasteiger partial charge in [-0.05, 0) is 18.6 Å². The first-order chi connectivity index (χ1) is 10.2. The highest BCUT2D eigenvalue weighted by Crippen LogP contribution is 2.28. The average molecular weight is 319 g/mol. The number of benzene rings is 1. The summed E-state index contributed by atoms with van der Waals surface area (Å²) in [5.41, 5.74) is 1.70. The second-order valence-corrected chi connectivity index (χ2v) is 6.04. The van der Waals surface area contributed by atoms with Gasteiger partial charge in [0.1, 0.15) is 5.01 Å². The molecule has 1 heterocycles. The monoisotopic (exact) mass is 318 g/mol. The molecule has 0 aliphatic rings. The average Bonchev–Trinajstić information content (AvgIpc) is 2.96. The Bertz CT molecular complexity index is 658. The van der Waals surface area contributed by atoms with Gasteiger partial charge in [-0.2, -0.15) is 5.26 Å². The van der Waals surface area contributed by atoms with Gasteiger partial charge in [0.05, 0.1) is 11.8 Å². The van der Waals surface area contributed by atoms with Gasteiger partial charge in [0.2, 0.25) is 0 Å². The van der Waals surface area contributed by atoms with E-state index in [2.05, 4.69) is 11.1 Å². The summed E-state index contributed by atoms with van der Waals surface area (Å²) in [5, 5.41) is 12.4. The highest BCUT2D eigenvalue weighted by Gasteiger charge is 2.23. The molecular weight excluding hydrogens is 304 g/mol. The van der Waals surface area contributed by atoms with E-state index in [1.807, 2.05) is 24.4 Å². The summed E-state index contributed by atoms with van der Waals surface area (Å²) in [7, 11) is 0. The predicted octanol–water partition coefficient (Wildman–Crippen LogP) is 4.83. The Hall–Kier alpha value is -1.70. The minimum Gasteiger partial charge on any atom is -0.298 e. The van der Waals surface area contributed by atoms with Gasteiger partial charge < -0.3 is 0 Å². The van der Waals surface area contributed by atoms with Crippen molar-refractivity contribution in [2.45, 2.75) is 32.1 Å². The van der Waals surface area contributed by atoms with E-state index in [1.54, 1.807) is 12.1 Å². The van der Waals surface area contributed by atoms with Gasteiger partial charge in [-0.3, -0.25) is 4.79 Å². The molecular formula is C16H15ClN2OS. The van der Waals surface area contributed by atoms with Crippen molar-refractivity contribution in [2.75, 3.05) is 0 Å². The molecule has 0 aliphatic heterocycles. The van der Waals surface area contributed by atoms with Crippen molar-refractivity contribution >= 4 is 28.7 Å². The third kappa shape index (κ3) is 3.90. The lowest BCUT2D eigenvalue weighted by atomic mass is 10.0. The molecule has 0 radical (unpaired) electrons. The van der Waals surface area contributed by atoms with Crippen LogP contribution in [0.25, 0.3) is 11.3 Å². The molecule has 1 aromatic carbocycles. The molecule has 21 heavy (non-hydrogen) atoms. The number of halogens is 1. The number of thiazole rings is 1. The number of unbranched alkanes of at least 4 members (excludes halogenated alkanes) is 1. The van der Waals surface area contributed by atoms with Gasteiger partial charge in [-0.1, -0.05) is 37.1 Å². The number of aromatic nitrogens is 1. The van der Waals surface area contributed by atoms with Crippen molar-refractivity contribution in [3.8, 4) is 17.3 Å². The minimum absolute atomic E-state index is 0.0450. The van der Waals surface area contributed by atoms with Crippen LogP contribution in [0.5, 0.6) is 0 Å². The zero-order valence-corrected chi connectivity index (χ0v) is 13.2. The van der Waals surface area contributed by atoms with E-state index in [1.165, 1.54) is 11.3 Å². The Morgan fingerprint density at radius 2 is 2.14 bits per heavy atom. The van der Waals surface area contributed by atoms with Gasteiger partial charge in [0, 0.05) is 22.4 Å². The quantitative estimate of drug-likeness (QED) is 0.766. The summed E-state index contributed by atoms with van der Waals surface area (Å²) in [6.45, 7) is 2.02. The van der Waals surface area contributed by atoms with Crippen LogP contribution in [0, 0.1) is 11.3 Å². The lowest BCUT2D eigenvalue weighted by Gasteiger charge is -2.04. The molecule has 0 saturated heterocycles. The molecule has 0 spiro atoms. The van der Waals surface area contributed by atoms with Crippen molar-refractivity contribution < 1.29 is 4.79 Å². The SMILES string of the molecule is CCCCC(=O)C(C#N)c1nc(-c2ccc(Cl)cc2)cs1. The third-order valence-corrected chi connectivity index (χ3v) is 4.30. The Morgan fingerprint density at radius 3 is 2.76 bits per heavy atom. The molecule has 0 bridgehead atoms. The van der Waals surface area contributed by atoms with Crippen molar-refractivity contribution in [1.82, 2.24) is 4.98 Å². The van der Waals surface area contributed by atoms with Crippen LogP contribution >= 0.6 is 22.9 Å². The standard InChI is InChI=1S/C16H15ClN2OS/c1-2-3-4-15(20)13(9-18)16-19-14(10-21-16)11-5-7-12(17)8-6-11/h5-8,10,13H,2-4H2,1H3. The van der Waals surface area contributed by atoms with Gasteiger partial charge in [-0.15, -0.1) is 11.3 Å². The molecule has 2 aromatic rings. The summed E-state index contributed by atoms with van der Waals surface area (Å²) < 4.78 is 0. The van der Waals surface area contributed by atoms with Crippen LogP contribution in [-0.4, -0.2) is 10.8 Å². The fourth-order valence-corrected chi connectivity index (χ4v) is 2.95. The maximum absolute atomic E-state index is 12.1. The first-order valence-corrected chi connectivity index (χ1v) is 8.05. The Morgan fingerprint density at radius 1 is 1.43 bits per heavy atom. The van der Waals surface area contributed by atoms with Crippen LogP contribution in [-0.2, 0) is 4.79 Å². The number of ketones is 1. The first-order valence-electron chi connectivity index (χ1n) is 6.79. The number of hydrogen-bond donors (Lipinski definition) is 0. The van der Waals surface area contributed by atoms with E-state index in [0.29, 0.717) is 16.5 Å². The number of carbonyl (C=O) groups excluding carboxylic acids is 1. The number of hydrogen-bond acceptors (Lipinski definition) is 4. The highest BCUT2D eigenvalue weighted by atomic mass is 35.5. The zero-order valence-electron chi connectivity index (χ0n) is 11.7. The minimum atomic E-state index is -0.748. The van der Waals surface area contributed by atoms with E-state index in [9.17, 15) is 10.1 Å². The highest BCUT2D eigenvalue weighted by molar-refractivity contribution is 7.10. The van der Waals surface area contributed by atoms with Crippen LogP contribution in [0.4, 0.5) is 0 Å². The number of nitriles is 1. The smallest absolute Gasteiger partial charge is 0.156 e. The third-order valence-electron chi connectivity index (χ3n) is 3.14. The summed E-state index contributed by atoms with van der Waals surface area (Å²) in [5.74, 6) is -0.793. The molecule has 0 aliphatic carbocycles. The number of carbonyl (C=O) groups is 1. The van der Waals surface area contributed by atoms with Crippen molar-refractivity contribution in [3.63, 3.8) is 0 Å². The number of Topliss-reactive ketones (excluding diaryl/α,β-unsaturated/α-hetero) is 1. The molecule has 1 atom stereocenters. The molecule has 2 rings (SSSR count). The van der Waals surface area contributed by atoms with Gasteiger partial charge in [0.25, 0.3) is 0 Å². The van der Waals surface area contributed by atoms with Gasteiger partial charge in [0.15, 0.2) is 11.7 Å². The normalized spacial score (nSPS) is 11.9. The van der Waals surface area contributed by atoms with E-state index >= 15 is 0 Å². The largest absolute Gasteiger partial charge is 0.298 e. The summed E-state index contributed by atoms with van der Waals surface area (Å²) >= 11 is 7.22. The fourth-order valence-electron chi connectivity index (χ4n) is 1.93. The molecule has 1 aromatic heterocycles. The van der Waals surface area contributed by atoms with Crippen LogP contribution < -0.4 is 0 Å². The van der Waals surface area contributed by atoms with Gasteiger partial charge >= 0.3 is 0 Å². The molecule has 108 valence electrons. The summed E-state index contributed by atoms with van der Waals surface area (Å²) in [6.07, 6.45) is 2.19. The lowest BCUT2D eigenvalue weighted by Crippen LogP contribution is -2.10. The van der Waals surface area contributed by atoms with Crippen LogP contribution in [0.15, 0.2) is 29.6 Å².